The van der Waals surface area contributed by atoms with Crippen LogP contribution in [0.5, 0.6) is 0 Å². The second kappa shape index (κ2) is 8.39. The molecule has 0 radical (unpaired) electrons. The molecule has 3 nitrogen and oxygen atoms in total. The van der Waals surface area contributed by atoms with Crippen molar-refractivity contribution in [3.63, 3.8) is 0 Å². The Morgan fingerprint density at radius 1 is 1.22 bits per heavy atom. The number of hydrogen-bond donors (Lipinski definition) is 0. The van der Waals surface area contributed by atoms with Crippen molar-refractivity contribution in [2.45, 2.75) is 60.3 Å². The van der Waals surface area contributed by atoms with Crippen molar-refractivity contribution in [3.8, 4) is 0 Å². The van der Waals surface area contributed by atoms with Gasteiger partial charge in [0.1, 0.15) is 0 Å². The van der Waals surface area contributed by atoms with E-state index in [-0.39, 0.29) is 6.09 Å². The second-order valence-corrected chi connectivity index (χ2v) is 6.74. The Bertz CT molecular complexity index is 231. The number of carbonyl (C=O) groups excluding carboxylic acids is 1. The monoisotopic (exact) mass is 257 g/mol. The van der Waals surface area contributed by atoms with Crippen LogP contribution in [-0.4, -0.2) is 31.2 Å². The topological polar surface area (TPSA) is 29.5 Å². The lowest BCUT2D eigenvalue weighted by Crippen LogP contribution is -2.29. The fourth-order valence-electron chi connectivity index (χ4n) is 1.70. The molecule has 1 amide bonds. The lowest BCUT2D eigenvalue weighted by molar-refractivity contribution is 0.107. The summed E-state index contributed by atoms with van der Waals surface area (Å²) in [5.74, 6) is 0.674. The zero-order chi connectivity index (χ0) is 14.2. The van der Waals surface area contributed by atoms with Crippen molar-refractivity contribution in [2.24, 2.45) is 11.3 Å². The van der Waals surface area contributed by atoms with Crippen molar-refractivity contribution in [1.29, 1.82) is 0 Å². The van der Waals surface area contributed by atoms with Gasteiger partial charge in [-0.1, -0.05) is 34.6 Å². The SMILES string of the molecule is CC(C)CCCOC(=O)N(C)CCCC(C)(C)C. The summed E-state index contributed by atoms with van der Waals surface area (Å²) in [4.78, 5) is 13.3. The van der Waals surface area contributed by atoms with Gasteiger partial charge in [0.25, 0.3) is 0 Å². The van der Waals surface area contributed by atoms with E-state index in [1.807, 2.05) is 7.05 Å². The molecular formula is C15H31NO2. The Hall–Kier alpha value is -0.730. The molecule has 0 saturated carbocycles. The van der Waals surface area contributed by atoms with E-state index in [0.29, 0.717) is 17.9 Å². The standard InChI is InChI=1S/C15H31NO2/c1-13(2)9-7-12-18-14(17)16(6)11-8-10-15(3,4)5/h13H,7-12H2,1-6H3. The van der Waals surface area contributed by atoms with Gasteiger partial charge in [-0.05, 0) is 37.0 Å². The summed E-state index contributed by atoms with van der Waals surface area (Å²) in [7, 11) is 1.81. The van der Waals surface area contributed by atoms with E-state index in [0.717, 1.165) is 32.2 Å². The van der Waals surface area contributed by atoms with E-state index >= 15 is 0 Å². The molecule has 0 saturated heterocycles. The van der Waals surface area contributed by atoms with Crippen LogP contribution in [0.3, 0.4) is 0 Å². The predicted octanol–water partition coefficient (Wildman–Crippen LogP) is 4.32. The molecule has 0 aliphatic heterocycles. The van der Waals surface area contributed by atoms with E-state index in [1.54, 1.807) is 4.90 Å². The molecule has 0 rings (SSSR count). The lowest BCUT2D eigenvalue weighted by atomic mass is 9.90. The molecule has 0 aromatic heterocycles. The Kier molecular flexibility index (Phi) is 8.05. The summed E-state index contributed by atoms with van der Waals surface area (Å²) < 4.78 is 5.22. The fraction of sp³-hybridized carbons (Fsp3) is 0.933. The van der Waals surface area contributed by atoms with Crippen molar-refractivity contribution in [3.05, 3.63) is 0 Å². The Morgan fingerprint density at radius 3 is 2.33 bits per heavy atom. The summed E-state index contributed by atoms with van der Waals surface area (Å²) >= 11 is 0. The summed E-state index contributed by atoms with van der Waals surface area (Å²) in [5.41, 5.74) is 0.335. The minimum absolute atomic E-state index is 0.187. The van der Waals surface area contributed by atoms with E-state index in [9.17, 15) is 4.79 Å². The third-order valence-electron chi connectivity index (χ3n) is 2.88. The quantitative estimate of drug-likeness (QED) is 0.636. The molecule has 0 fully saturated rings. The van der Waals surface area contributed by atoms with Crippen LogP contribution in [0.2, 0.25) is 0 Å². The highest BCUT2D eigenvalue weighted by Gasteiger charge is 2.13. The van der Waals surface area contributed by atoms with E-state index in [1.165, 1.54) is 0 Å². The molecule has 0 spiro atoms. The highest BCUT2D eigenvalue weighted by molar-refractivity contribution is 5.67. The van der Waals surface area contributed by atoms with Crippen LogP contribution in [0.1, 0.15) is 60.3 Å². The number of hydrogen-bond acceptors (Lipinski definition) is 2. The van der Waals surface area contributed by atoms with Gasteiger partial charge in [0.2, 0.25) is 0 Å². The Morgan fingerprint density at radius 2 is 1.83 bits per heavy atom. The smallest absolute Gasteiger partial charge is 0.409 e. The first kappa shape index (κ1) is 17.3. The third-order valence-corrected chi connectivity index (χ3v) is 2.88. The summed E-state index contributed by atoms with van der Waals surface area (Å²) in [6.45, 7) is 12.3. The molecule has 0 aromatic rings. The van der Waals surface area contributed by atoms with Crippen molar-refractivity contribution >= 4 is 6.09 Å². The van der Waals surface area contributed by atoms with Gasteiger partial charge >= 0.3 is 6.09 Å². The number of nitrogens with zero attached hydrogens (tertiary/aromatic N) is 1. The first-order chi connectivity index (χ1) is 8.22. The average molecular weight is 257 g/mol. The maximum Gasteiger partial charge on any atom is 0.409 e. The lowest BCUT2D eigenvalue weighted by Gasteiger charge is -2.21. The van der Waals surface area contributed by atoms with Crippen LogP contribution in [-0.2, 0) is 4.74 Å². The number of carbonyl (C=O) groups is 1. The minimum atomic E-state index is -0.187. The first-order valence-corrected chi connectivity index (χ1v) is 7.10. The maximum absolute atomic E-state index is 11.6. The second-order valence-electron chi connectivity index (χ2n) is 6.74. The fourth-order valence-corrected chi connectivity index (χ4v) is 1.70. The van der Waals surface area contributed by atoms with Gasteiger partial charge in [0, 0.05) is 13.6 Å². The van der Waals surface area contributed by atoms with E-state index in [4.69, 9.17) is 4.74 Å². The molecule has 108 valence electrons. The summed E-state index contributed by atoms with van der Waals surface area (Å²) in [5, 5.41) is 0. The average Bonchev–Trinajstić information content (AvgIpc) is 2.21. The van der Waals surface area contributed by atoms with Crippen LogP contribution in [0, 0.1) is 11.3 Å². The van der Waals surface area contributed by atoms with Crippen LogP contribution in [0.15, 0.2) is 0 Å². The van der Waals surface area contributed by atoms with Crippen LogP contribution >= 0.6 is 0 Å². The van der Waals surface area contributed by atoms with Gasteiger partial charge in [-0.3, -0.25) is 0 Å². The summed E-state index contributed by atoms with van der Waals surface area (Å²) in [6, 6.07) is 0. The van der Waals surface area contributed by atoms with Crippen molar-refractivity contribution in [2.75, 3.05) is 20.2 Å². The number of amides is 1. The third kappa shape index (κ3) is 10.4. The molecular weight excluding hydrogens is 226 g/mol. The molecule has 0 aliphatic rings. The van der Waals surface area contributed by atoms with Gasteiger partial charge in [0.15, 0.2) is 0 Å². The molecule has 3 heteroatoms. The van der Waals surface area contributed by atoms with Crippen LogP contribution in [0.4, 0.5) is 4.79 Å². The van der Waals surface area contributed by atoms with Crippen LogP contribution in [0.25, 0.3) is 0 Å². The zero-order valence-corrected chi connectivity index (χ0v) is 13.1. The molecule has 18 heavy (non-hydrogen) atoms. The summed E-state index contributed by atoms with van der Waals surface area (Å²) in [6.07, 6.45) is 4.03. The number of ether oxygens (including phenoxy) is 1. The number of rotatable bonds is 7. The highest BCUT2D eigenvalue weighted by Crippen LogP contribution is 2.20. The normalized spacial score (nSPS) is 11.7. The molecule has 0 aromatic carbocycles. The van der Waals surface area contributed by atoms with Gasteiger partial charge in [0.05, 0.1) is 6.61 Å². The van der Waals surface area contributed by atoms with Gasteiger partial charge in [-0.15, -0.1) is 0 Å². The largest absolute Gasteiger partial charge is 0.449 e. The van der Waals surface area contributed by atoms with Gasteiger partial charge < -0.3 is 9.64 Å². The van der Waals surface area contributed by atoms with Crippen molar-refractivity contribution < 1.29 is 9.53 Å². The Balaban J connectivity index is 3.64. The molecule has 0 heterocycles. The predicted molar refractivity (Wildman–Crippen MR) is 76.7 cm³/mol. The molecule has 0 atom stereocenters. The molecule has 0 aliphatic carbocycles. The molecule has 0 N–H and O–H groups in total. The molecule has 0 bridgehead atoms. The Labute approximate surface area is 113 Å². The van der Waals surface area contributed by atoms with E-state index < -0.39 is 0 Å². The van der Waals surface area contributed by atoms with E-state index in [2.05, 4.69) is 34.6 Å². The first-order valence-electron chi connectivity index (χ1n) is 7.10. The zero-order valence-electron chi connectivity index (χ0n) is 13.1. The highest BCUT2D eigenvalue weighted by atomic mass is 16.6. The molecule has 0 unspecified atom stereocenters. The van der Waals surface area contributed by atoms with Crippen LogP contribution < -0.4 is 0 Å². The maximum atomic E-state index is 11.6. The van der Waals surface area contributed by atoms with Crippen molar-refractivity contribution in [1.82, 2.24) is 4.90 Å². The minimum Gasteiger partial charge on any atom is -0.449 e. The van der Waals surface area contributed by atoms with Gasteiger partial charge in [-0.25, -0.2) is 4.79 Å². The van der Waals surface area contributed by atoms with Gasteiger partial charge in [-0.2, -0.15) is 0 Å².